The zero-order valence-electron chi connectivity index (χ0n) is 15.0. The van der Waals surface area contributed by atoms with E-state index in [0.29, 0.717) is 36.2 Å². The van der Waals surface area contributed by atoms with Gasteiger partial charge in [0.1, 0.15) is 5.82 Å². The Morgan fingerprint density at radius 3 is 2.62 bits per heavy atom. The molecular formula is C17H22N4O4S. The number of nitrogens with one attached hydrogen (secondary N) is 1. The molecule has 9 heteroatoms. The number of benzene rings is 1. The molecule has 0 saturated carbocycles. The van der Waals surface area contributed by atoms with Crippen molar-refractivity contribution in [1.82, 2.24) is 14.8 Å². The fourth-order valence-corrected chi connectivity index (χ4v) is 2.95. The molecule has 1 heterocycles. The fourth-order valence-electron chi connectivity index (χ4n) is 2.14. The number of ether oxygens (including phenoxy) is 2. The molecule has 0 atom stereocenters. The second-order valence-corrected chi connectivity index (χ2v) is 6.25. The van der Waals surface area contributed by atoms with Gasteiger partial charge in [-0.2, -0.15) is 0 Å². The summed E-state index contributed by atoms with van der Waals surface area (Å²) in [6.45, 7) is 5.11. The molecule has 0 aliphatic heterocycles. The van der Waals surface area contributed by atoms with Crippen LogP contribution in [-0.2, 0) is 20.8 Å². The molecule has 0 fully saturated rings. The van der Waals surface area contributed by atoms with E-state index in [9.17, 15) is 9.59 Å². The van der Waals surface area contributed by atoms with E-state index in [1.54, 1.807) is 38.3 Å². The topological polar surface area (TPSA) is 95.3 Å². The average molecular weight is 378 g/mol. The van der Waals surface area contributed by atoms with Gasteiger partial charge in [-0.15, -0.1) is 10.2 Å². The summed E-state index contributed by atoms with van der Waals surface area (Å²) in [4.78, 5) is 23.7. The number of anilines is 1. The maximum absolute atomic E-state index is 12.1. The van der Waals surface area contributed by atoms with Crippen molar-refractivity contribution in [2.75, 3.05) is 31.4 Å². The Morgan fingerprint density at radius 1 is 1.23 bits per heavy atom. The van der Waals surface area contributed by atoms with Crippen LogP contribution in [-0.4, -0.2) is 52.7 Å². The van der Waals surface area contributed by atoms with Crippen molar-refractivity contribution in [3.05, 3.63) is 35.7 Å². The summed E-state index contributed by atoms with van der Waals surface area (Å²) in [7, 11) is 1.63. The number of aryl methyl sites for hydroxylation is 1. The maximum atomic E-state index is 12.1. The third-order valence-corrected chi connectivity index (χ3v) is 4.40. The first kappa shape index (κ1) is 19.9. The van der Waals surface area contributed by atoms with Gasteiger partial charge in [0.15, 0.2) is 5.16 Å². The lowest BCUT2D eigenvalue weighted by molar-refractivity contribution is -0.113. The summed E-state index contributed by atoms with van der Waals surface area (Å²) >= 11 is 1.31. The first-order chi connectivity index (χ1) is 12.5. The molecule has 8 nitrogen and oxygen atoms in total. The van der Waals surface area contributed by atoms with Gasteiger partial charge in [-0.3, -0.25) is 4.79 Å². The van der Waals surface area contributed by atoms with Crippen molar-refractivity contribution < 1.29 is 19.1 Å². The maximum Gasteiger partial charge on any atom is 0.338 e. The standard InChI is InChI=1S/C17H22N4O4S/c1-4-25-16(23)13-5-7-14(8-6-13)18-15(22)11-26-17-20-19-12(2)21(17)9-10-24-3/h5-8H,4,9-11H2,1-3H3,(H,18,22). The Balaban J connectivity index is 1.88. The van der Waals surface area contributed by atoms with Gasteiger partial charge in [-0.05, 0) is 38.1 Å². The highest BCUT2D eigenvalue weighted by Gasteiger charge is 2.12. The Bertz CT molecular complexity index is 746. The van der Waals surface area contributed by atoms with Gasteiger partial charge in [0, 0.05) is 19.3 Å². The largest absolute Gasteiger partial charge is 0.462 e. The van der Waals surface area contributed by atoms with Crippen molar-refractivity contribution in [2.24, 2.45) is 0 Å². The van der Waals surface area contributed by atoms with Crippen LogP contribution in [0.15, 0.2) is 29.4 Å². The Labute approximate surface area is 156 Å². The van der Waals surface area contributed by atoms with Crippen LogP contribution in [0.3, 0.4) is 0 Å². The predicted octanol–water partition coefficient (Wildman–Crippen LogP) is 2.14. The van der Waals surface area contributed by atoms with Crippen molar-refractivity contribution in [2.45, 2.75) is 25.5 Å². The molecule has 2 rings (SSSR count). The first-order valence-corrected chi connectivity index (χ1v) is 9.12. The molecular weight excluding hydrogens is 356 g/mol. The van der Waals surface area contributed by atoms with Gasteiger partial charge >= 0.3 is 5.97 Å². The lowest BCUT2D eigenvalue weighted by Gasteiger charge is -2.08. The summed E-state index contributed by atoms with van der Waals surface area (Å²) in [5, 5.41) is 11.6. The number of aromatic nitrogens is 3. The van der Waals surface area contributed by atoms with Crippen LogP contribution in [0.1, 0.15) is 23.1 Å². The van der Waals surface area contributed by atoms with Crippen LogP contribution in [0.25, 0.3) is 0 Å². The number of thioether (sulfide) groups is 1. The highest BCUT2D eigenvalue weighted by atomic mass is 32.2. The zero-order valence-corrected chi connectivity index (χ0v) is 15.8. The third kappa shape index (κ3) is 5.57. The van der Waals surface area contributed by atoms with Gasteiger partial charge in [0.2, 0.25) is 5.91 Å². The van der Waals surface area contributed by atoms with E-state index in [4.69, 9.17) is 9.47 Å². The van der Waals surface area contributed by atoms with Gasteiger partial charge < -0.3 is 19.4 Å². The number of carbonyl (C=O) groups excluding carboxylic acids is 2. The van der Waals surface area contributed by atoms with Crippen LogP contribution in [0.5, 0.6) is 0 Å². The van der Waals surface area contributed by atoms with Crippen LogP contribution < -0.4 is 5.32 Å². The quantitative estimate of drug-likeness (QED) is 0.527. The molecule has 2 aromatic rings. The molecule has 0 aliphatic carbocycles. The number of hydrogen-bond acceptors (Lipinski definition) is 7. The first-order valence-electron chi connectivity index (χ1n) is 8.13. The lowest BCUT2D eigenvalue weighted by Crippen LogP contribution is -2.15. The van der Waals surface area contributed by atoms with Crippen molar-refractivity contribution in [1.29, 1.82) is 0 Å². The zero-order chi connectivity index (χ0) is 18.9. The smallest absolute Gasteiger partial charge is 0.338 e. The highest BCUT2D eigenvalue weighted by molar-refractivity contribution is 7.99. The second kappa shape index (κ2) is 9.93. The third-order valence-electron chi connectivity index (χ3n) is 3.43. The number of nitrogens with zero attached hydrogens (tertiary/aromatic N) is 3. The fraction of sp³-hybridized carbons (Fsp3) is 0.412. The summed E-state index contributed by atoms with van der Waals surface area (Å²) in [6, 6.07) is 6.57. The highest BCUT2D eigenvalue weighted by Crippen LogP contribution is 2.18. The Hall–Kier alpha value is -2.39. The van der Waals surface area contributed by atoms with Gasteiger partial charge in [-0.25, -0.2) is 4.79 Å². The van der Waals surface area contributed by atoms with Gasteiger partial charge in [0.05, 0.1) is 24.5 Å². The molecule has 26 heavy (non-hydrogen) atoms. The molecule has 140 valence electrons. The number of hydrogen-bond donors (Lipinski definition) is 1. The molecule has 0 saturated heterocycles. The summed E-state index contributed by atoms with van der Waals surface area (Å²) < 4.78 is 11.9. The number of amides is 1. The summed E-state index contributed by atoms with van der Waals surface area (Å²) in [6.07, 6.45) is 0. The number of carbonyl (C=O) groups is 2. The average Bonchev–Trinajstić information content (AvgIpc) is 2.98. The van der Waals surface area contributed by atoms with E-state index in [2.05, 4.69) is 15.5 Å². The SMILES string of the molecule is CCOC(=O)c1ccc(NC(=O)CSc2nnc(C)n2CCOC)cc1. The number of methoxy groups -OCH3 is 1. The Morgan fingerprint density at radius 2 is 1.96 bits per heavy atom. The van der Waals surface area contributed by atoms with E-state index < -0.39 is 0 Å². The molecule has 0 bridgehead atoms. The normalized spacial score (nSPS) is 10.6. The van der Waals surface area contributed by atoms with E-state index in [0.717, 1.165) is 5.82 Å². The van der Waals surface area contributed by atoms with Crippen LogP contribution >= 0.6 is 11.8 Å². The van der Waals surface area contributed by atoms with Crippen molar-refractivity contribution in [3.63, 3.8) is 0 Å². The minimum Gasteiger partial charge on any atom is -0.462 e. The number of esters is 1. The van der Waals surface area contributed by atoms with E-state index in [1.807, 2.05) is 11.5 Å². The van der Waals surface area contributed by atoms with Crippen LogP contribution in [0.2, 0.25) is 0 Å². The summed E-state index contributed by atoms with van der Waals surface area (Å²) in [5.74, 6) is 0.425. The van der Waals surface area contributed by atoms with Crippen LogP contribution in [0.4, 0.5) is 5.69 Å². The molecule has 0 spiro atoms. The summed E-state index contributed by atoms with van der Waals surface area (Å²) in [5.41, 5.74) is 1.06. The molecule has 1 N–H and O–H groups in total. The van der Waals surface area contributed by atoms with Crippen molar-refractivity contribution >= 4 is 29.3 Å². The lowest BCUT2D eigenvalue weighted by atomic mass is 10.2. The van der Waals surface area contributed by atoms with Gasteiger partial charge in [-0.1, -0.05) is 11.8 Å². The molecule has 1 aromatic carbocycles. The molecule has 0 unspecified atom stereocenters. The Kier molecular flexibility index (Phi) is 7.61. The second-order valence-electron chi connectivity index (χ2n) is 5.31. The predicted molar refractivity (Wildman–Crippen MR) is 98.4 cm³/mol. The van der Waals surface area contributed by atoms with Gasteiger partial charge in [0.25, 0.3) is 0 Å². The minimum atomic E-state index is -0.383. The van der Waals surface area contributed by atoms with E-state index in [1.165, 1.54) is 11.8 Å². The van der Waals surface area contributed by atoms with E-state index >= 15 is 0 Å². The monoisotopic (exact) mass is 378 g/mol. The van der Waals surface area contributed by atoms with Crippen LogP contribution in [0, 0.1) is 6.92 Å². The molecule has 0 aliphatic rings. The molecule has 1 aromatic heterocycles. The minimum absolute atomic E-state index is 0.169. The van der Waals surface area contributed by atoms with E-state index in [-0.39, 0.29) is 17.6 Å². The number of rotatable bonds is 9. The van der Waals surface area contributed by atoms with Crippen molar-refractivity contribution in [3.8, 4) is 0 Å². The molecule has 1 amide bonds. The molecule has 0 radical (unpaired) electrons.